The molecule has 0 atom stereocenters. The molecule has 162 valence electrons. The molecule has 8 heteroatoms. The van der Waals surface area contributed by atoms with Gasteiger partial charge in [0.1, 0.15) is 6.10 Å². The number of carbonyl (C=O) groups excluding carboxylic acids is 1. The third-order valence-electron chi connectivity index (χ3n) is 4.67. The highest BCUT2D eigenvalue weighted by Crippen LogP contribution is 2.28. The topological polar surface area (TPSA) is 123 Å². The molecule has 8 nitrogen and oxygen atoms in total. The van der Waals surface area contributed by atoms with E-state index >= 15 is 0 Å². The number of aromatic hydroxyl groups is 2. The Bertz CT molecular complexity index is 871. The number of phenols is 2. The lowest BCUT2D eigenvalue weighted by Crippen LogP contribution is -2.20. The number of hydrogen-bond acceptors (Lipinski definition) is 7. The molecule has 2 aromatic carbocycles. The van der Waals surface area contributed by atoms with Gasteiger partial charge in [-0.3, -0.25) is 0 Å². The summed E-state index contributed by atoms with van der Waals surface area (Å²) < 4.78 is 15.1. The van der Waals surface area contributed by atoms with Crippen molar-refractivity contribution in [3.05, 3.63) is 47.5 Å². The molecule has 0 bridgehead atoms. The summed E-state index contributed by atoms with van der Waals surface area (Å²) in [5.74, 6) is -0.995. The van der Waals surface area contributed by atoms with Gasteiger partial charge in [0.25, 0.3) is 0 Å². The van der Waals surface area contributed by atoms with Crippen LogP contribution in [0.4, 0.5) is 0 Å². The van der Waals surface area contributed by atoms with Crippen LogP contribution in [0.2, 0.25) is 0 Å². The van der Waals surface area contributed by atoms with Gasteiger partial charge in [-0.25, -0.2) is 9.59 Å². The molecule has 3 N–H and O–H groups in total. The van der Waals surface area contributed by atoms with Gasteiger partial charge < -0.3 is 29.5 Å². The van der Waals surface area contributed by atoms with Crippen LogP contribution in [0.15, 0.2) is 36.4 Å². The molecule has 0 saturated heterocycles. The summed E-state index contributed by atoms with van der Waals surface area (Å²) in [4.78, 5) is 22.4. The summed E-state index contributed by atoms with van der Waals surface area (Å²) >= 11 is 0. The van der Waals surface area contributed by atoms with Crippen LogP contribution in [-0.4, -0.2) is 47.6 Å². The van der Waals surface area contributed by atoms with Crippen molar-refractivity contribution in [1.29, 1.82) is 0 Å². The first-order valence-corrected chi connectivity index (χ1v) is 9.54. The summed E-state index contributed by atoms with van der Waals surface area (Å²) in [6, 6.07) is 8.33. The molecule has 1 aliphatic rings. The molecule has 0 unspecified atom stereocenters. The summed E-state index contributed by atoms with van der Waals surface area (Å²) in [6.45, 7) is 0. The van der Waals surface area contributed by atoms with Gasteiger partial charge in [0.05, 0.1) is 25.3 Å². The lowest BCUT2D eigenvalue weighted by molar-refractivity contribution is 0.0210. The van der Waals surface area contributed by atoms with Crippen LogP contribution in [0.3, 0.4) is 0 Å². The maximum Gasteiger partial charge on any atom is 0.338 e. The second-order valence-electron chi connectivity index (χ2n) is 6.74. The zero-order valence-corrected chi connectivity index (χ0v) is 17.0. The number of aromatic carboxylic acids is 1. The lowest BCUT2D eigenvalue weighted by atomic mass is 9.98. The number of carboxylic acids is 1. The molecule has 1 aliphatic carbocycles. The second-order valence-corrected chi connectivity index (χ2v) is 6.74. The Kier molecular flexibility index (Phi) is 8.34. The average Bonchev–Trinajstić information content (AvgIpc) is 2.75. The zero-order valence-electron chi connectivity index (χ0n) is 17.0. The minimum Gasteiger partial charge on any atom is -0.504 e. The minimum absolute atomic E-state index is 0.0201. The van der Waals surface area contributed by atoms with E-state index in [1.807, 2.05) is 0 Å². The fourth-order valence-electron chi connectivity index (χ4n) is 3.02. The predicted octanol–water partition coefficient (Wildman–Crippen LogP) is 3.99. The molecule has 0 heterocycles. The van der Waals surface area contributed by atoms with Crippen molar-refractivity contribution in [2.45, 2.75) is 38.2 Å². The zero-order chi connectivity index (χ0) is 22.1. The summed E-state index contributed by atoms with van der Waals surface area (Å²) in [5, 5.41) is 27.1. The van der Waals surface area contributed by atoms with Crippen molar-refractivity contribution in [2.75, 3.05) is 14.2 Å². The average molecular weight is 418 g/mol. The smallest absolute Gasteiger partial charge is 0.338 e. The fraction of sp³-hybridized carbons (Fsp3) is 0.364. The Morgan fingerprint density at radius 2 is 1.33 bits per heavy atom. The molecule has 0 radical (unpaired) electrons. The first-order chi connectivity index (χ1) is 14.3. The summed E-state index contributed by atoms with van der Waals surface area (Å²) in [5.41, 5.74) is 0.500. The van der Waals surface area contributed by atoms with Crippen molar-refractivity contribution in [3.63, 3.8) is 0 Å². The number of carbonyl (C=O) groups is 2. The van der Waals surface area contributed by atoms with Crippen LogP contribution < -0.4 is 9.47 Å². The maximum absolute atomic E-state index is 11.9. The molecule has 30 heavy (non-hydrogen) atoms. The van der Waals surface area contributed by atoms with Crippen LogP contribution in [-0.2, 0) is 4.74 Å². The van der Waals surface area contributed by atoms with Gasteiger partial charge in [-0.15, -0.1) is 0 Å². The minimum atomic E-state index is -1.05. The maximum atomic E-state index is 11.9. The first-order valence-electron chi connectivity index (χ1n) is 9.54. The van der Waals surface area contributed by atoms with E-state index in [9.17, 15) is 14.7 Å². The Labute approximate surface area is 174 Å². The highest BCUT2D eigenvalue weighted by Gasteiger charge is 2.19. The Morgan fingerprint density at radius 1 is 0.833 bits per heavy atom. The van der Waals surface area contributed by atoms with Crippen LogP contribution in [0.5, 0.6) is 23.0 Å². The first kappa shape index (κ1) is 22.9. The normalized spacial score (nSPS) is 13.5. The highest BCUT2D eigenvalue weighted by molar-refractivity contribution is 5.90. The van der Waals surface area contributed by atoms with E-state index in [0.717, 1.165) is 25.7 Å². The van der Waals surface area contributed by atoms with Gasteiger partial charge in [0, 0.05) is 0 Å². The van der Waals surface area contributed by atoms with Gasteiger partial charge in [-0.2, -0.15) is 0 Å². The Hall–Kier alpha value is -3.42. The van der Waals surface area contributed by atoms with Crippen molar-refractivity contribution in [2.24, 2.45) is 0 Å². The number of carboxylic acid groups (broad SMARTS) is 1. The van der Waals surface area contributed by atoms with Crippen molar-refractivity contribution >= 4 is 11.9 Å². The molecule has 0 amide bonds. The largest absolute Gasteiger partial charge is 0.504 e. The molecule has 3 rings (SSSR count). The number of hydrogen-bond donors (Lipinski definition) is 3. The number of benzene rings is 2. The highest BCUT2D eigenvalue weighted by atomic mass is 16.5. The SMILES string of the molecule is COc1cc(C(=O)O)ccc1O.COc1cc(C(=O)OC2CCCCC2)ccc1O. The number of esters is 1. The number of methoxy groups -OCH3 is 2. The van der Waals surface area contributed by atoms with Gasteiger partial charge in [0.15, 0.2) is 23.0 Å². The summed E-state index contributed by atoms with van der Waals surface area (Å²) in [6.07, 6.45) is 5.39. The van der Waals surface area contributed by atoms with Crippen molar-refractivity contribution in [3.8, 4) is 23.0 Å². The summed E-state index contributed by atoms with van der Waals surface area (Å²) in [7, 11) is 2.81. The van der Waals surface area contributed by atoms with E-state index in [-0.39, 0.29) is 40.6 Å². The third kappa shape index (κ3) is 6.30. The number of ether oxygens (including phenoxy) is 3. The molecule has 0 spiro atoms. The Morgan fingerprint density at radius 3 is 1.83 bits per heavy atom. The fourth-order valence-corrected chi connectivity index (χ4v) is 3.02. The van der Waals surface area contributed by atoms with Crippen LogP contribution in [0, 0.1) is 0 Å². The third-order valence-corrected chi connectivity index (χ3v) is 4.67. The van der Waals surface area contributed by atoms with E-state index in [0.29, 0.717) is 5.56 Å². The van der Waals surface area contributed by atoms with E-state index in [1.54, 1.807) is 6.07 Å². The lowest BCUT2D eigenvalue weighted by Gasteiger charge is -2.21. The number of phenolic OH excluding ortho intramolecular Hbond substituents is 2. The van der Waals surface area contributed by atoms with Crippen molar-refractivity contribution < 1.29 is 39.1 Å². The standard InChI is InChI=1S/C14H18O4.C8H8O4/c1-17-13-9-10(7-8-12(13)15)14(16)18-11-5-3-2-4-6-11;1-12-7-4-5(8(10)11)2-3-6(7)9/h7-9,11,15H,2-6H2,1H3;2-4,9H,1H3,(H,10,11). The molecule has 1 saturated carbocycles. The van der Waals surface area contributed by atoms with E-state index in [2.05, 4.69) is 0 Å². The van der Waals surface area contributed by atoms with Gasteiger partial charge in [-0.05, 0) is 62.1 Å². The Balaban J connectivity index is 0.000000232. The molecule has 0 aromatic heterocycles. The molecule has 1 fully saturated rings. The predicted molar refractivity (Wildman–Crippen MR) is 109 cm³/mol. The van der Waals surface area contributed by atoms with Crippen molar-refractivity contribution in [1.82, 2.24) is 0 Å². The molecular formula is C22H26O8. The molecular weight excluding hydrogens is 392 g/mol. The van der Waals surface area contributed by atoms with E-state index in [4.69, 9.17) is 24.4 Å². The van der Waals surface area contributed by atoms with Gasteiger partial charge in [0.2, 0.25) is 0 Å². The second kappa shape index (κ2) is 10.9. The monoisotopic (exact) mass is 418 g/mol. The number of rotatable bonds is 5. The van der Waals surface area contributed by atoms with Crippen LogP contribution in [0.1, 0.15) is 52.8 Å². The van der Waals surface area contributed by atoms with Gasteiger partial charge >= 0.3 is 11.9 Å². The van der Waals surface area contributed by atoms with E-state index < -0.39 is 5.97 Å². The van der Waals surface area contributed by atoms with Crippen LogP contribution >= 0.6 is 0 Å². The van der Waals surface area contributed by atoms with E-state index in [1.165, 1.54) is 51.0 Å². The molecule has 0 aliphatic heterocycles. The van der Waals surface area contributed by atoms with Gasteiger partial charge in [-0.1, -0.05) is 6.42 Å². The molecule has 2 aromatic rings. The van der Waals surface area contributed by atoms with Crippen LogP contribution in [0.25, 0.3) is 0 Å². The quantitative estimate of drug-likeness (QED) is 0.623.